The van der Waals surface area contributed by atoms with Crippen molar-refractivity contribution in [2.24, 2.45) is 5.14 Å². The largest absolute Gasteiger partial charge is 0.382 e. The minimum absolute atomic E-state index is 0.104. The number of hydrogen-bond donors (Lipinski definition) is 2. The zero-order valence-electron chi connectivity index (χ0n) is 9.83. The first-order chi connectivity index (χ1) is 8.45. The van der Waals surface area contributed by atoms with Crippen LogP contribution in [0.15, 0.2) is 29.2 Å². The monoisotopic (exact) mass is 288 g/mol. The van der Waals surface area contributed by atoms with Gasteiger partial charge >= 0.3 is 0 Å². The molecule has 0 saturated carbocycles. The molecule has 0 bridgehead atoms. The zero-order chi connectivity index (χ0) is 13.2. The van der Waals surface area contributed by atoms with Crippen LogP contribution in [-0.2, 0) is 20.8 Å². The summed E-state index contributed by atoms with van der Waals surface area (Å²) in [5.74, 6) is 1.40. The van der Waals surface area contributed by atoms with Crippen LogP contribution in [0.1, 0.15) is 12.8 Å². The summed E-state index contributed by atoms with van der Waals surface area (Å²) >= 11 is 0. The number of hydrogen-bond acceptors (Lipinski definition) is 4. The van der Waals surface area contributed by atoms with Crippen molar-refractivity contribution in [2.75, 3.05) is 16.8 Å². The van der Waals surface area contributed by atoms with E-state index in [1.54, 1.807) is 12.1 Å². The van der Waals surface area contributed by atoms with Gasteiger partial charge in [0.1, 0.15) is 0 Å². The third kappa shape index (κ3) is 3.54. The highest BCUT2D eigenvalue weighted by molar-refractivity contribution is 7.89. The van der Waals surface area contributed by atoms with Crippen molar-refractivity contribution in [3.05, 3.63) is 24.3 Å². The van der Waals surface area contributed by atoms with Crippen LogP contribution in [0.2, 0.25) is 0 Å². The molecule has 0 spiro atoms. The quantitative estimate of drug-likeness (QED) is 0.855. The van der Waals surface area contributed by atoms with Gasteiger partial charge in [0.2, 0.25) is 10.0 Å². The van der Waals surface area contributed by atoms with Gasteiger partial charge in [0.05, 0.1) is 4.90 Å². The lowest BCUT2D eigenvalue weighted by Gasteiger charge is -2.23. The second kappa shape index (κ2) is 5.38. The van der Waals surface area contributed by atoms with Crippen molar-refractivity contribution in [3.63, 3.8) is 0 Å². The van der Waals surface area contributed by atoms with E-state index in [1.807, 2.05) is 0 Å². The number of rotatable bonds is 3. The summed E-state index contributed by atoms with van der Waals surface area (Å²) in [5.41, 5.74) is 0.735. The summed E-state index contributed by atoms with van der Waals surface area (Å²) in [6.07, 6.45) is 1.68. The van der Waals surface area contributed by atoms with Gasteiger partial charge < -0.3 is 5.32 Å². The molecule has 2 rings (SSSR count). The molecule has 1 aromatic carbocycles. The second-order valence-electron chi connectivity index (χ2n) is 4.34. The van der Waals surface area contributed by atoms with Gasteiger partial charge in [-0.2, -0.15) is 0 Å². The average molecular weight is 288 g/mol. The van der Waals surface area contributed by atoms with Gasteiger partial charge in [0.25, 0.3) is 0 Å². The fraction of sp³-hybridized carbons (Fsp3) is 0.455. The Hall–Kier alpha value is -0.920. The Labute approximate surface area is 109 Å². The van der Waals surface area contributed by atoms with Gasteiger partial charge in [-0.15, -0.1) is 0 Å². The average Bonchev–Trinajstić information content (AvgIpc) is 2.31. The lowest BCUT2D eigenvalue weighted by molar-refractivity contribution is 0.597. The van der Waals surface area contributed by atoms with E-state index in [4.69, 9.17) is 5.14 Å². The van der Waals surface area contributed by atoms with E-state index < -0.39 is 20.8 Å². The summed E-state index contributed by atoms with van der Waals surface area (Å²) in [6, 6.07) is 6.71. The number of anilines is 1. The molecule has 5 nitrogen and oxygen atoms in total. The maximum Gasteiger partial charge on any atom is 0.238 e. The Kier molecular flexibility index (Phi) is 4.04. The van der Waals surface area contributed by atoms with Crippen molar-refractivity contribution in [2.45, 2.75) is 23.8 Å². The van der Waals surface area contributed by atoms with E-state index in [1.165, 1.54) is 12.1 Å². The molecule has 1 heterocycles. The SMILES string of the molecule is NS(=O)(=O)c1cccc(NC2CCS(=O)CC2)c1. The molecule has 1 aromatic rings. The molecule has 0 atom stereocenters. The van der Waals surface area contributed by atoms with Gasteiger partial charge in [-0.25, -0.2) is 13.6 Å². The summed E-state index contributed by atoms with van der Waals surface area (Å²) in [6.45, 7) is 0. The number of nitrogens with one attached hydrogen (secondary N) is 1. The van der Waals surface area contributed by atoms with Gasteiger partial charge in [-0.05, 0) is 31.0 Å². The molecule has 0 amide bonds. The molecular weight excluding hydrogens is 272 g/mol. The van der Waals surface area contributed by atoms with Crippen LogP contribution in [0.4, 0.5) is 5.69 Å². The van der Waals surface area contributed by atoms with E-state index in [2.05, 4.69) is 5.32 Å². The summed E-state index contributed by atoms with van der Waals surface area (Å²) in [4.78, 5) is 0.104. The van der Waals surface area contributed by atoms with Crippen LogP contribution in [-0.4, -0.2) is 30.2 Å². The molecule has 1 saturated heterocycles. The molecule has 18 heavy (non-hydrogen) atoms. The Morgan fingerprint density at radius 1 is 1.28 bits per heavy atom. The third-order valence-corrected chi connectivity index (χ3v) is 5.21. The summed E-state index contributed by atoms with van der Waals surface area (Å²) in [7, 11) is -4.36. The molecule has 1 aliphatic rings. The lowest BCUT2D eigenvalue weighted by atomic mass is 10.1. The minimum Gasteiger partial charge on any atom is -0.382 e. The van der Waals surface area contributed by atoms with E-state index >= 15 is 0 Å². The highest BCUT2D eigenvalue weighted by atomic mass is 32.2. The van der Waals surface area contributed by atoms with Crippen LogP contribution in [0.3, 0.4) is 0 Å². The minimum atomic E-state index is -3.66. The Balaban J connectivity index is 2.08. The van der Waals surface area contributed by atoms with Crippen LogP contribution in [0.25, 0.3) is 0 Å². The molecule has 3 N–H and O–H groups in total. The highest BCUT2D eigenvalue weighted by Gasteiger charge is 2.18. The molecule has 0 aliphatic carbocycles. The first kappa shape index (κ1) is 13.5. The van der Waals surface area contributed by atoms with Crippen molar-refractivity contribution in [1.29, 1.82) is 0 Å². The predicted octanol–water partition coefficient (Wildman–Crippen LogP) is 0.657. The van der Waals surface area contributed by atoms with E-state index in [0.717, 1.165) is 18.5 Å². The number of primary sulfonamides is 1. The first-order valence-corrected chi connectivity index (χ1v) is 8.73. The molecular formula is C11H16N2O3S2. The van der Waals surface area contributed by atoms with Gasteiger partial charge in [-0.1, -0.05) is 6.07 Å². The van der Waals surface area contributed by atoms with Crippen molar-refractivity contribution >= 4 is 26.5 Å². The maximum absolute atomic E-state index is 11.2. The smallest absolute Gasteiger partial charge is 0.238 e. The second-order valence-corrected chi connectivity index (χ2v) is 7.60. The van der Waals surface area contributed by atoms with Gasteiger partial charge in [-0.3, -0.25) is 4.21 Å². The third-order valence-electron chi connectivity index (χ3n) is 2.92. The molecule has 1 fully saturated rings. The van der Waals surface area contributed by atoms with Crippen LogP contribution in [0.5, 0.6) is 0 Å². The Morgan fingerprint density at radius 3 is 2.56 bits per heavy atom. The van der Waals surface area contributed by atoms with Gasteiger partial charge in [0, 0.05) is 34.0 Å². The van der Waals surface area contributed by atoms with Crippen LogP contribution in [0, 0.1) is 0 Å². The molecule has 1 aliphatic heterocycles. The molecule has 7 heteroatoms. The molecule has 100 valence electrons. The number of benzene rings is 1. The summed E-state index contributed by atoms with van der Waals surface area (Å²) in [5, 5.41) is 8.34. The summed E-state index contributed by atoms with van der Waals surface area (Å²) < 4.78 is 33.7. The zero-order valence-corrected chi connectivity index (χ0v) is 11.5. The van der Waals surface area contributed by atoms with E-state index in [-0.39, 0.29) is 10.9 Å². The molecule has 0 aromatic heterocycles. The lowest BCUT2D eigenvalue weighted by Crippen LogP contribution is -2.29. The maximum atomic E-state index is 11.2. The number of nitrogens with two attached hydrogens (primary N) is 1. The van der Waals surface area contributed by atoms with Crippen molar-refractivity contribution in [1.82, 2.24) is 0 Å². The van der Waals surface area contributed by atoms with Gasteiger partial charge in [0.15, 0.2) is 0 Å². The number of sulfonamides is 1. The fourth-order valence-corrected chi connectivity index (χ4v) is 3.80. The normalized spacial score (nSPS) is 24.7. The molecule has 0 radical (unpaired) electrons. The van der Waals surface area contributed by atoms with Crippen molar-refractivity contribution < 1.29 is 12.6 Å². The van der Waals surface area contributed by atoms with Crippen molar-refractivity contribution in [3.8, 4) is 0 Å². The van der Waals surface area contributed by atoms with E-state index in [9.17, 15) is 12.6 Å². The van der Waals surface area contributed by atoms with Crippen LogP contribution >= 0.6 is 0 Å². The Bertz CT molecular complexity index is 547. The highest BCUT2D eigenvalue weighted by Crippen LogP contribution is 2.19. The fourth-order valence-electron chi connectivity index (χ4n) is 1.94. The Morgan fingerprint density at radius 2 is 1.94 bits per heavy atom. The predicted molar refractivity (Wildman–Crippen MR) is 72.3 cm³/mol. The topological polar surface area (TPSA) is 89.3 Å². The standard InChI is InChI=1S/C11H16N2O3S2/c12-18(15,16)11-3-1-2-10(8-11)13-9-4-6-17(14)7-5-9/h1-3,8-9,13H,4-7H2,(H2,12,15,16). The van der Waals surface area contributed by atoms with E-state index in [0.29, 0.717) is 11.5 Å². The van der Waals surface area contributed by atoms with Crippen LogP contribution < -0.4 is 10.5 Å². The molecule has 0 unspecified atom stereocenters. The first-order valence-electron chi connectivity index (χ1n) is 5.69.